The molecule has 1 aliphatic carbocycles. The molecule has 0 unspecified atom stereocenters. The van der Waals surface area contributed by atoms with E-state index >= 15 is 0 Å². The van der Waals surface area contributed by atoms with Gasteiger partial charge in [0.15, 0.2) is 11.2 Å². The molecule has 2 aromatic heterocycles. The van der Waals surface area contributed by atoms with Crippen LogP contribution in [0.2, 0.25) is 0 Å². The molecule has 0 aromatic carbocycles. The molecular formula is C11H12FN5O2. The van der Waals surface area contributed by atoms with Gasteiger partial charge in [-0.2, -0.15) is 14.4 Å². The SMILES string of the molecule is Nc1nc(F)c2ncn(/C=C3/CC3(CO)CO)c2n1. The summed E-state index contributed by atoms with van der Waals surface area (Å²) in [6.07, 6.45) is 3.66. The van der Waals surface area contributed by atoms with Crippen LogP contribution in [0.1, 0.15) is 6.42 Å². The average Bonchev–Trinajstić information content (AvgIpc) is 2.94. The van der Waals surface area contributed by atoms with Gasteiger partial charge < -0.3 is 15.9 Å². The molecule has 0 atom stereocenters. The molecule has 0 bridgehead atoms. The molecule has 1 fully saturated rings. The van der Waals surface area contributed by atoms with E-state index in [1.807, 2.05) is 0 Å². The van der Waals surface area contributed by atoms with E-state index in [0.29, 0.717) is 6.42 Å². The molecule has 8 heteroatoms. The van der Waals surface area contributed by atoms with E-state index in [1.54, 1.807) is 6.20 Å². The molecule has 7 nitrogen and oxygen atoms in total. The monoisotopic (exact) mass is 265 g/mol. The van der Waals surface area contributed by atoms with Crippen LogP contribution in [0, 0.1) is 11.4 Å². The van der Waals surface area contributed by atoms with Crippen molar-refractivity contribution in [2.75, 3.05) is 18.9 Å². The minimum Gasteiger partial charge on any atom is -0.395 e. The Morgan fingerprint density at radius 2 is 2.16 bits per heavy atom. The highest BCUT2D eigenvalue weighted by atomic mass is 19.1. The largest absolute Gasteiger partial charge is 0.395 e. The van der Waals surface area contributed by atoms with Gasteiger partial charge in [-0.1, -0.05) is 0 Å². The zero-order chi connectivity index (χ0) is 13.6. The summed E-state index contributed by atoms with van der Waals surface area (Å²) in [5.41, 5.74) is 5.97. The third kappa shape index (κ3) is 1.76. The number of nitrogens with two attached hydrogens (primary N) is 1. The van der Waals surface area contributed by atoms with Crippen molar-refractivity contribution in [3.63, 3.8) is 0 Å². The van der Waals surface area contributed by atoms with E-state index in [9.17, 15) is 14.6 Å². The summed E-state index contributed by atoms with van der Waals surface area (Å²) in [4.78, 5) is 11.2. The summed E-state index contributed by atoms with van der Waals surface area (Å²) in [6.45, 7) is -0.263. The standard InChI is InChI=1S/C11H12FN5O2/c12-8-7-9(16-10(13)15-8)17(5-14-7)2-6-1-11(6,3-18)4-19/h2,5,18-19H,1,3-4H2,(H2,13,15,16)/b6-2-. The van der Waals surface area contributed by atoms with E-state index in [-0.39, 0.29) is 30.3 Å². The molecule has 2 aromatic rings. The molecular weight excluding hydrogens is 253 g/mol. The minimum absolute atomic E-state index is 0.0327. The van der Waals surface area contributed by atoms with Gasteiger partial charge in [0, 0.05) is 11.6 Å². The molecule has 100 valence electrons. The zero-order valence-electron chi connectivity index (χ0n) is 9.91. The van der Waals surface area contributed by atoms with Crippen molar-refractivity contribution >= 4 is 23.3 Å². The molecule has 19 heavy (non-hydrogen) atoms. The van der Waals surface area contributed by atoms with Gasteiger partial charge in [0.05, 0.1) is 13.2 Å². The van der Waals surface area contributed by atoms with Gasteiger partial charge in [0.1, 0.15) is 6.33 Å². The highest BCUT2D eigenvalue weighted by molar-refractivity contribution is 5.74. The van der Waals surface area contributed by atoms with Gasteiger partial charge in [-0.05, 0) is 12.0 Å². The fraction of sp³-hybridized carbons (Fsp3) is 0.364. The van der Waals surface area contributed by atoms with Crippen LogP contribution in [0.25, 0.3) is 17.4 Å². The lowest BCUT2D eigenvalue weighted by molar-refractivity contribution is 0.143. The summed E-state index contributed by atoms with van der Waals surface area (Å²) >= 11 is 0. The first kappa shape index (κ1) is 12.0. The Hall–Kier alpha value is -2.06. The number of rotatable bonds is 3. The third-order valence-corrected chi connectivity index (χ3v) is 3.38. The highest BCUT2D eigenvalue weighted by Crippen LogP contribution is 2.51. The van der Waals surface area contributed by atoms with Crippen molar-refractivity contribution in [3.05, 3.63) is 17.8 Å². The van der Waals surface area contributed by atoms with E-state index in [2.05, 4.69) is 15.0 Å². The van der Waals surface area contributed by atoms with Gasteiger partial charge in [-0.25, -0.2) is 4.98 Å². The molecule has 1 aliphatic rings. The predicted molar refractivity (Wildman–Crippen MR) is 65.2 cm³/mol. The van der Waals surface area contributed by atoms with Crippen LogP contribution in [0.3, 0.4) is 0 Å². The van der Waals surface area contributed by atoms with Gasteiger partial charge >= 0.3 is 0 Å². The number of fused-ring (bicyclic) bond motifs is 1. The molecule has 0 radical (unpaired) electrons. The molecule has 4 N–H and O–H groups in total. The van der Waals surface area contributed by atoms with E-state index in [1.165, 1.54) is 10.9 Å². The number of nitrogen functional groups attached to an aromatic ring is 1. The fourth-order valence-electron chi connectivity index (χ4n) is 2.03. The molecule has 2 heterocycles. The lowest BCUT2D eigenvalue weighted by atomic mass is 10.1. The van der Waals surface area contributed by atoms with Crippen molar-refractivity contribution in [2.45, 2.75) is 6.42 Å². The molecule has 0 spiro atoms. The van der Waals surface area contributed by atoms with E-state index < -0.39 is 11.4 Å². The Morgan fingerprint density at radius 1 is 1.42 bits per heavy atom. The Balaban J connectivity index is 2.06. The van der Waals surface area contributed by atoms with Gasteiger partial charge in [0.25, 0.3) is 0 Å². The topological polar surface area (TPSA) is 110 Å². The van der Waals surface area contributed by atoms with Crippen molar-refractivity contribution in [3.8, 4) is 0 Å². The minimum atomic E-state index is -0.772. The van der Waals surface area contributed by atoms with E-state index in [4.69, 9.17) is 5.73 Å². The molecule has 3 rings (SSSR count). The Kier molecular flexibility index (Phi) is 2.51. The van der Waals surface area contributed by atoms with Crippen LogP contribution >= 0.6 is 0 Å². The van der Waals surface area contributed by atoms with Crippen LogP contribution in [0.5, 0.6) is 0 Å². The van der Waals surface area contributed by atoms with Gasteiger partial charge in [0.2, 0.25) is 11.9 Å². The van der Waals surface area contributed by atoms with Gasteiger partial charge in [-0.3, -0.25) is 4.57 Å². The summed E-state index contributed by atoms with van der Waals surface area (Å²) in [6, 6.07) is 0. The smallest absolute Gasteiger partial charge is 0.245 e. The number of halogens is 1. The summed E-state index contributed by atoms with van der Waals surface area (Å²) < 4.78 is 15.0. The number of nitrogens with zero attached hydrogens (tertiary/aromatic N) is 4. The number of aliphatic hydroxyl groups excluding tert-OH is 2. The summed E-state index contributed by atoms with van der Waals surface area (Å²) in [7, 11) is 0. The zero-order valence-corrected chi connectivity index (χ0v) is 9.91. The second-order valence-electron chi connectivity index (χ2n) is 4.62. The lowest BCUT2D eigenvalue weighted by Gasteiger charge is -2.05. The maximum atomic E-state index is 13.5. The first-order chi connectivity index (χ1) is 9.09. The lowest BCUT2D eigenvalue weighted by Crippen LogP contribution is -2.12. The second-order valence-corrected chi connectivity index (χ2v) is 4.62. The molecule has 0 amide bonds. The van der Waals surface area contributed by atoms with Gasteiger partial charge in [-0.15, -0.1) is 0 Å². The Labute approximate surface area is 107 Å². The molecule has 0 aliphatic heterocycles. The average molecular weight is 265 g/mol. The quantitative estimate of drug-likeness (QED) is 0.661. The molecule has 1 saturated carbocycles. The van der Waals surface area contributed by atoms with Crippen molar-refractivity contribution in [1.29, 1.82) is 0 Å². The number of hydrogen-bond acceptors (Lipinski definition) is 6. The van der Waals surface area contributed by atoms with Crippen LogP contribution in [0.15, 0.2) is 11.9 Å². The van der Waals surface area contributed by atoms with Crippen molar-refractivity contribution in [2.24, 2.45) is 5.41 Å². The number of anilines is 1. The molecule has 0 saturated heterocycles. The Bertz CT molecular complexity index is 677. The third-order valence-electron chi connectivity index (χ3n) is 3.38. The number of hydrogen-bond donors (Lipinski definition) is 3. The maximum absolute atomic E-state index is 13.5. The number of imidazole rings is 1. The normalized spacial score (nSPS) is 19.2. The summed E-state index contributed by atoms with van der Waals surface area (Å²) in [5, 5.41) is 18.5. The van der Waals surface area contributed by atoms with Crippen molar-refractivity contribution < 1.29 is 14.6 Å². The fourth-order valence-corrected chi connectivity index (χ4v) is 2.03. The first-order valence-corrected chi connectivity index (χ1v) is 5.68. The van der Waals surface area contributed by atoms with Crippen LogP contribution in [-0.2, 0) is 0 Å². The predicted octanol–water partition coefficient (Wildman–Crippen LogP) is -0.237. The summed E-state index contributed by atoms with van der Waals surface area (Å²) in [5.74, 6) is -0.942. The second kappa shape index (κ2) is 3.97. The van der Waals surface area contributed by atoms with Crippen LogP contribution in [0.4, 0.5) is 10.3 Å². The van der Waals surface area contributed by atoms with Crippen LogP contribution in [-0.4, -0.2) is 42.9 Å². The first-order valence-electron chi connectivity index (χ1n) is 5.68. The van der Waals surface area contributed by atoms with Crippen LogP contribution < -0.4 is 5.73 Å². The van der Waals surface area contributed by atoms with Crippen molar-refractivity contribution in [1.82, 2.24) is 19.5 Å². The Morgan fingerprint density at radius 3 is 2.79 bits per heavy atom. The van der Waals surface area contributed by atoms with E-state index in [0.717, 1.165) is 5.57 Å². The number of aromatic nitrogens is 4. The highest BCUT2D eigenvalue weighted by Gasteiger charge is 2.48. The number of aliphatic hydroxyl groups is 2. The maximum Gasteiger partial charge on any atom is 0.245 e.